The average Bonchev–Trinajstić information content (AvgIpc) is 2.58. The SMILES string of the molecule is Cc1cc(C)c2oc3c(C)nc(C)cc3c2c1. The molecule has 0 N–H and O–H groups in total. The van der Waals surface area contributed by atoms with Crippen LogP contribution in [0.3, 0.4) is 0 Å². The Bertz CT molecular complexity index is 675. The highest BCUT2D eigenvalue weighted by Gasteiger charge is 2.12. The summed E-state index contributed by atoms with van der Waals surface area (Å²) < 4.78 is 5.96. The molecule has 0 spiro atoms. The van der Waals surface area contributed by atoms with Gasteiger partial charge in [-0.2, -0.15) is 0 Å². The molecule has 0 aliphatic carbocycles. The number of hydrogen-bond donors (Lipinski definition) is 0. The molecular formula is C15H15NO. The zero-order chi connectivity index (χ0) is 12.2. The molecule has 0 atom stereocenters. The van der Waals surface area contributed by atoms with Crippen molar-refractivity contribution >= 4 is 21.9 Å². The fourth-order valence-electron chi connectivity index (χ4n) is 2.54. The molecule has 0 fully saturated rings. The third kappa shape index (κ3) is 1.44. The molecule has 0 aliphatic rings. The first kappa shape index (κ1) is 10.3. The molecule has 2 heteroatoms. The monoisotopic (exact) mass is 225 g/mol. The lowest BCUT2D eigenvalue weighted by molar-refractivity contribution is 0.659. The summed E-state index contributed by atoms with van der Waals surface area (Å²) in [5, 5.41) is 2.38. The second-order valence-corrected chi connectivity index (χ2v) is 4.79. The van der Waals surface area contributed by atoms with E-state index in [4.69, 9.17) is 4.42 Å². The lowest BCUT2D eigenvalue weighted by atomic mass is 10.1. The third-order valence-corrected chi connectivity index (χ3v) is 3.18. The van der Waals surface area contributed by atoms with Gasteiger partial charge >= 0.3 is 0 Å². The van der Waals surface area contributed by atoms with Crippen LogP contribution in [0.1, 0.15) is 22.5 Å². The van der Waals surface area contributed by atoms with E-state index in [-0.39, 0.29) is 0 Å². The molecule has 2 nitrogen and oxygen atoms in total. The predicted octanol–water partition coefficient (Wildman–Crippen LogP) is 4.21. The maximum absolute atomic E-state index is 5.96. The summed E-state index contributed by atoms with van der Waals surface area (Å²) in [4.78, 5) is 4.46. The zero-order valence-electron chi connectivity index (χ0n) is 10.6. The molecular weight excluding hydrogens is 210 g/mol. The second-order valence-electron chi connectivity index (χ2n) is 4.79. The summed E-state index contributed by atoms with van der Waals surface area (Å²) in [7, 11) is 0. The molecule has 0 saturated heterocycles. The summed E-state index contributed by atoms with van der Waals surface area (Å²) in [6, 6.07) is 6.44. The van der Waals surface area contributed by atoms with Crippen LogP contribution >= 0.6 is 0 Å². The average molecular weight is 225 g/mol. The molecule has 3 rings (SSSR count). The first-order valence-corrected chi connectivity index (χ1v) is 5.84. The molecule has 2 heterocycles. The van der Waals surface area contributed by atoms with E-state index in [9.17, 15) is 0 Å². The van der Waals surface area contributed by atoms with Crippen LogP contribution in [0.4, 0.5) is 0 Å². The minimum absolute atomic E-state index is 0.916. The van der Waals surface area contributed by atoms with Crippen LogP contribution in [0.5, 0.6) is 0 Å². The maximum Gasteiger partial charge on any atom is 0.156 e. The van der Waals surface area contributed by atoms with Crippen molar-refractivity contribution in [3.8, 4) is 0 Å². The Labute approximate surface area is 100 Å². The predicted molar refractivity (Wildman–Crippen MR) is 70.5 cm³/mol. The Kier molecular flexibility index (Phi) is 2.02. The number of nitrogens with zero attached hydrogens (tertiary/aromatic N) is 1. The van der Waals surface area contributed by atoms with Crippen molar-refractivity contribution in [2.75, 3.05) is 0 Å². The van der Waals surface area contributed by atoms with Crippen LogP contribution in [-0.2, 0) is 0 Å². The van der Waals surface area contributed by atoms with Crippen molar-refractivity contribution in [3.05, 3.63) is 40.7 Å². The number of fused-ring (bicyclic) bond motifs is 3. The number of aromatic nitrogens is 1. The highest BCUT2D eigenvalue weighted by atomic mass is 16.3. The number of hydrogen-bond acceptors (Lipinski definition) is 2. The third-order valence-electron chi connectivity index (χ3n) is 3.18. The summed E-state index contributed by atoms with van der Waals surface area (Å²) in [6.07, 6.45) is 0. The Balaban J connectivity index is 2.60. The molecule has 0 bridgehead atoms. The number of aryl methyl sites for hydroxylation is 4. The second kappa shape index (κ2) is 3.33. The number of rotatable bonds is 0. The first-order chi connectivity index (χ1) is 8.06. The van der Waals surface area contributed by atoms with Gasteiger partial charge in [0.1, 0.15) is 5.58 Å². The largest absolute Gasteiger partial charge is 0.454 e. The van der Waals surface area contributed by atoms with Crippen molar-refractivity contribution in [1.29, 1.82) is 0 Å². The van der Waals surface area contributed by atoms with Gasteiger partial charge in [0, 0.05) is 16.5 Å². The van der Waals surface area contributed by atoms with Crippen LogP contribution < -0.4 is 0 Å². The molecule has 0 unspecified atom stereocenters. The van der Waals surface area contributed by atoms with E-state index in [0.717, 1.165) is 22.6 Å². The summed E-state index contributed by atoms with van der Waals surface area (Å²) in [5.41, 5.74) is 6.36. The van der Waals surface area contributed by atoms with Crippen LogP contribution in [0.2, 0.25) is 0 Å². The van der Waals surface area contributed by atoms with Crippen molar-refractivity contribution in [1.82, 2.24) is 4.98 Å². The Morgan fingerprint density at radius 3 is 2.35 bits per heavy atom. The maximum atomic E-state index is 5.96. The molecule has 0 radical (unpaired) electrons. The summed E-state index contributed by atoms with van der Waals surface area (Å²) >= 11 is 0. The van der Waals surface area contributed by atoms with Crippen molar-refractivity contribution in [3.63, 3.8) is 0 Å². The molecule has 0 aliphatic heterocycles. The van der Waals surface area contributed by atoms with Gasteiger partial charge in [0.15, 0.2) is 5.58 Å². The van der Waals surface area contributed by atoms with Crippen LogP contribution in [0.25, 0.3) is 21.9 Å². The topological polar surface area (TPSA) is 26.0 Å². The number of benzene rings is 1. The molecule has 2 aromatic heterocycles. The van der Waals surface area contributed by atoms with E-state index in [1.54, 1.807) is 0 Å². The van der Waals surface area contributed by atoms with Gasteiger partial charge in [-0.25, -0.2) is 0 Å². The number of pyridine rings is 1. The van der Waals surface area contributed by atoms with Crippen molar-refractivity contribution in [2.24, 2.45) is 0 Å². The molecule has 0 amide bonds. The summed E-state index contributed by atoms with van der Waals surface area (Å²) in [5.74, 6) is 0. The van der Waals surface area contributed by atoms with E-state index in [1.807, 2.05) is 13.8 Å². The van der Waals surface area contributed by atoms with Gasteiger partial charge in [-0.1, -0.05) is 6.07 Å². The standard InChI is InChI=1S/C15H15NO/c1-8-5-9(2)14-12(6-8)13-7-10(3)16-11(4)15(13)17-14/h5-7H,1-4H3. The van der Waals surface area contributed by atoms with Gasteiger partial charge in [-0.05, 0) is 51.0 Å². The lowest BCUT2D eigenvalue weighted by Gasteiger charge is -1.97. The highest BCUT2D eigenvalue weighted by Crippen LogP contribution is 2.33. The van der Waals surface area contributed by atoms with Crippen molar-refractivity contribution < 1.29 is 4.42 Å². The fraction of sp³-hybridized carbons (Fsp3) is 0.267. The minimum Gasteiger partial charge on any atom is -0.454 e. The first-order valence-electron chi connectivity index (χ1n) is 5.84. The molecule has 1 aromatic carbocycles. The minimum atomic E-state index is 0.916. The van der Waals surface area contributed by atoms with Gasteiger partial charge in [0.25, 0.3) is 0 Å². The smallest absolute Gasteiger partial charge is 0.156 e. The summed E-state index contributed by atoms with van der Waals surface area (Å²) in [6.45, 7) is 8.23. The zero-order valence-corrected chi connectivity index (χ0v) is 10.6. The molecule has 0 saturated carbocycles. The van der Waals surface area contributed by atoms with Crippen LogP contribution in [0.15, 0.2) is 22.6 Å². The van der Waals surface area contributed by atoms with E-state index < -0.39 is 0 Å². The fourth-order valence-corrected chi connectivity index (χ4v) is 2.54. The Morgan fingerprint density at radius 1 is 0.882 bits per heavy atom. The Morgan fingerprint density at radius 2 is 1.59 bits per heavy atom. The van der Waals surface area contributed by atoms with Crippen LogP contribution in [-0.4, -0.2) is 4.98 Å². The van der Waals surface area contributed by atoms with Crippen LogP contribution in [0, 0.1) is 27.7 Å². The van der Waals surface area contributed by atoms with E-state index in [1.165, 1.54) is 21.9 Å². The highest BCUT2D eigenvalue weighted by molar-refractivity contribution is 6.06. The van der Waals surface area contributed by atoms with Gasteiger partial charge in [0.05, 0.1) is 5.69 Å². The molecule has 17 heavy (non-hydrogen) atoms. The quantitative estimate of drug-likeness (QED) is 0.572. The molecule has 3 aromatic rings. The van der Waals surface area contributed by atoms with E-state index in [2.05, 4.69) is 37.0 Å². The van der Waals surface area contributed by atoms with Gasteiger partial charge in [-0.3, -0.25) is 4.98 Å². The van der Waals surface area contributed by atoms with E-state index >= 15 is 0 Å². The van der Waals surface area contributed by atoms with Gasteiger partial charge in [0.2, 0.25) is 0 Å². The van der Waals surface area contributed by atoms with E-state index in [0.29, 0.717) is 0 Å². The van der Waals surface area contributed by atoms with Gasteiger partial charge in [-0.15, -0.1) is 0 Å². The molecule has 86 valence electrons. The number of furan rings is 1. The normalized spacial score (nSPS) is 11.5. The Hall–Kier alpha value is -1.83. The van der Waals surface area contributed by atoms with Crippen molar-refractivity contribution in [2.45, 2.75) is 27.7 Å². The van der Waals surface area contributed by atoms with Gasteiger partial charge < -0.3 is 4.42 Å². The lowest BCUT2D eigenvalue weighted by Crippen LogP contribution is -1.85.